The predicted molar refractivity (Wildman–Crippen MR) is 91.5 cm³/mol. The first-order valence-corrected chi connectivity index (χ1v) is 8.85. The van der Waals surface area contributed by atoms with Crippen LogP contribution < -0.4 is 0 Å². The number of likely N-dealkylation sites (tertiary alicyclic amines) is 1. The smallest absolute Gasteiger partial charge is 0.293 e. The number of rotatable bonds is 2. The number of aromatic nitrogens is 4. The molecule has 4 heterocycles. The third kappa shape index (κ3) is 3.00. The summed E-state index contributed by atoms with van der Waals surface area (Å²) in [5.74, 6) is 1.04. The molecule has 0 aromatic carbocycles. The second-order valence-corrected chi connectivity index (χ2v) is 7.09. The third-order valence-corrected chi connectivity index (χ3v) is 5.18. The van der Waals surface area contributed by atoms with Gasteiger partial charge in [-0.15, -0.1) is 5.10 Å². The summed E-state index contributed by atoms with van der Waals surface area (Å²) in [6, 6.07) is 2.31. The van der Waals surface area contributed by atoms with E-state index in [2.05, 4.69) is 26.9 Å². The fourth-order valence-corrected chi connectivity index (χ4v) is 3.90. The van der Waals surface area contributed by atoms with Crippen LogP contribution in [0.1, 0.15) is 28.9 Å². The molecule has 4 rings (SSSR count). The van der Waals surface area contributed by atoms with Crippen LogP contribution in [0.5, 0.6) is 0 Å². The molecule has 2 aliphatic rings. The molecule has 2 saturated heterocycles. The molecule has 2 aromatic heterocycles. The van der Waals surface area contributed by atoms with Gasteiger partial charge in [-0.05, 0) is 25.8 Å². The molecule has 2 unspecified atom stereocenters. The summed E-state index contributed by atoms with van der Waals surface area (Å²) in [7, 11) is 0. The van der Waals surface area contributed by atoms with Gasteiger partial charge in [0.1, 0.15) is 0 Å². The first-order valence-electron chi connectivity index (χ1n) is 8.85. The van der Waals surface area contributed by atoms with Gasteiger partial charge in [-0.1, -0.05) is 6.92 Å². The number of nitrogens with zero attached hydrogens (tertiary/aromatic N) is 6. The fraction of sp³-hybridized carbons (Fsp3) is 0.647. The summed E-state index contributed by atoms with van der Waals surface area (Å²) >= 11 is 0. The minimum absolute atomic E-state index is 0.106. The van der Waals surface area contributed by atoms with Crippen LogP contribution in [0.3, 0.4) is 0 Å². The molecular weight excluding hydrogens is 320 g/mol. The number of carbonyl (C=O) groups is 1. The van der Waals surface area contributed by atoms with Crippen molar-refractivity contribution in [3.63, 3.8) is 0 Å². The van der Waals surface area contributed by atoms with E-state index < -0.39 is 0 Å². The van der Waals surface area contributed by atoms with E-state index in [9.17, 15) is 4.79 Å². The van der Waals surface area contributed by atoms with E-state index in [0.29, 0.717) is 17.7 Å². The van der Waals surface area contributed by atoms with Crippen molar-refractivity contribution < 1.29 is 9.53 Å². The van der Waals surface area contributed by atoms with Gasteiger partial charge < -0.3 is 9.64 Å². The zero-order valence-electron chi connectivity index (χ0n) is 15.0. The number of carbonyl (C=O) groups excluding carboxylic acids is 1. The monoisotopic (exact) mass is 344 g/mol. The fourth-order valence-electron chi connectivity index (χ4n) is 3.90. The van der Waals surface area contributed by atoms with E-state index in [1.807, 2.05) is 24.8 Å². The molecule has 8 heteroatoms. The van der Waals surface area contributed by atoms with Gasteiger partial charge in [0.2, 0.25) is 5.82 Å². The van der Waals surface area contributed by atoms with Gasteiger partial charge in [0, 0.05) is 43.6 Å². The molecule has 8 nitrogen and oxygen atoms in total. The van der Waals surface area contributed by atoms with Crippen molar-refractivity contribution in [2.45, 2.75) is 26.8 Å². The lowest BCUT2D eigenvalue weighted by atomic mass is 10.0. The van der Waals surface area contributed by atoms with Crippen LogP contribution in [0.4, 0.5) is 0 Å². The average molecular weight is 344 g/mol. The van der Waals surface area contributed by atoms with Crippen molar-refractivity contribution in [1.82, 2.24) is 29.4 Å². The van der Waals surface area contributed by atoms with Crippen LogP contribution in [-0.2, 0) is 4.74 Å². The summed E-state index contributed by atoms with van der Waals surface area (Å²) in [6.45, 7) is 10.9. The summed E-state index contributed by atoms with van der Waals surface area (Å²) in [5.41, 5.74) is 1.80. The van der Waals surface area contributed by atoms with Crippen molar-refractivity contribution in [3.8, 4) is 0 Å². The minimum Gasteiger partial charge on any atom is -0.379 e. The molecule has 2 fully saturated rings. The Balaban J connectivity index is 1.54. The summed E-state index contributed by atoms with van der Waals surface area (Å²) in [6.07, 6.45) is 0. The van der Waals surface area contributed by atoms with Crippen LogP contribution in [-0.4, -0.2) is 80.7 Å². The van der Waals surface area contributed by atoms with Crippen LogP contribution in [0, 0.1) is 19.8 Å². The molecular formula is C17H24N6O2. The second-order valence-electron chi connectivity index (χ2n) is 7.09. The number of morpholine rings is 1. The normalized spacial score (nSPS) is 25.0. The van der Waals surface area contributed by atoms with Crippen molar-refractivity contribution in [2.24, 2.45) is 5.92 Å². The topological polar surface area (TPSA) is 75.9 Å². The Morgan fingerprint density at radius 1 is 1.20 bits per heavy atom. The Hall–Kier alpha value is -2.06. The van der Waals surface area contributed by atoms with Gasteiger partial charge in [0.15, 0.2) is 0 Å². The van der Waals surface area contributed by atoms with E-state index in [1.54, 1.807) is 4.52 Å². The summed E-state index contributed by atoms with van der Waals surface area (Å²) < 4.78 is 7.08. The van der Waals surface area contributed by atoms with E-state index >= 15 is 0 Å². The second kappa shape index (κ2) is 6.34. The van der Waals surface area contributed by atoms with Gasteiger partial charge in [-0.2, -0.15) is 4.98 Å². The number of ether oxygens (including phenoxy) is 1. The molecule has 0 aliphatic carbocycles. The van der Waals surface area contributed by atoms with Gasteiger partial charge in [0.05, 0.1) is 13.2 Å². The number of hydrogen-bond acceptors (Lipinski definition) is 6. The highest BCUT2D eigenvalue weighted by molar-refractivity contribution is 5.91. The van der Waals surface area contributed by atoms with Crippen LogP contribution in [0.25, 0.3) is 5.78 Å². The Morgan fingerprint density at radius 3 is 2.72 bits per heavy atom. The van der Waals surface area contributed by atoms with Crippen molar-refractivity contribution in [3.05, 3.63) is 23.3 Å². The molecule has 2 aromatic rings. The molecule has 134 valence electrons. The molecule has 0 spiro atoms. The molecule has 25 heavy (non-hydrogen) atoms. The first kappa shape index (κ1) is 16.4. The van der Waals surface area contributed by atoms with Crippen LogP contribution in [0.2, 0.25) is 0 Å². The zero-order valence-corrected chi connectivity index (χ0v) is 15.0. The van der Waals surface area contributed by atoms with Crippen LogP contribution >= 0.6 is 0 Å². The largest absolute Gasteiger partial charge is 0.379 e. The SMILES string of the molecule is Cc1cc(C)n2nc(C(=O)N3CC(C)C(N4CCOCC4)C3)nc2n1. The van der Waals surface area contributed by atoms with Crippen molar-refractivity contribution in [1.29, 1.82) is 0 Å². The Bertz CT molecular complexity index is 798. The van der Waals surface area contributed by atoms with Gasteiger partial charge in [0.25, 0.3) is 11.7 Å². The number of aryl methyl sites for hydroxylation is 2. The van der Waals surface area contributed by atoms with Crippen molar-refractivity contribution >= 4 is 11.7 Å². The molecule has 0 saturated carbocycles. The first-order chi connectivity index (χ1) is 12.0. The van der Waals surface area contributed by atoms with Gasteiger partial charge in [-0.25, -0.2) is 9.50 Å². The molecule has 0 N–H and O–H groups in total. The molecule has 0 radical (unpaired) electrons. The number of fused-ring (bicyclic) bond motifs is 1. The predicted octanol–water partition coefficient (Wildman–Crippen LogP) is 0.534. The zero-order chi connectivity index (χ0) is 17.6. The number of hydrogen-bond donors (Lipinski definition) is 0. The maximum Gasteiger partial charge on any atom is 0.293 e. The Morgan fingerprint density at radius 2 is 1.96 bits per heavy atom. The van der Waals surface area contributed by atoms with E-state index in [0.717, 1.165) is 50.8 Å². The van der Waals surface area contributed by atoms with E-state index in [4.69, 9.17) is 4.74 Å². The summed E-state index contributed by atoms with van der Waals surface area (Å²) in [5, 5.41) is 4.38. The van der Waals surface area contributed by atoms with Gasteiger partial charge in [-0.3, -0.25) is 9.69 Å². The maximum atomic E-state index is 12.9. The highest BCUT2D eigenvalue weighted by Crippen LogP contribution is 2.23. The summed E-state index contributed by atoms with van der Waals surface area (Å²) in [4.78, 5) is 25.9. The minimum atomic E-state index is -0.106. The lowest BCUT2D eigenvalue weighted by molar-refractivity contribution is 0.0119. The Labute approximate surface area is 146 Å². The van der Waals surface area contributed by atoms with E-state index in [-0.39, 0.29) is 11.7 Å². The highest BCUT2D eigenvalue weighted by atomic mass is 16.5. The molecule has 2 atom stereocenters. The van der Waals surface area contributed by atoms with Gasteiger partial charge >= 0.3 is 0 Å². The standard InChI is InChI=1S/C17H24N6O2/c1-11-9-22(10-14(11)21-4-6-25-7-5-21)16(24)15-19-17-18-12(2)8-13(3)23(17)20-15/h8,11,14H,4-7,9-10H2,1-3H3. The number of amides is 1. The quantitative estimate of drug-likeness (QED) is 0.791. The maximum absolute atomic E-state index is 12.9. The van der Waals surface area contributed by atoms with Crippen LogP contribution in [0.15, 0.2) is 6.07 Å². The molecule has 0 bridgehead atoms. The van der Waals surface area contributed by atoms with E-state index in [1.165, 1.54) is 0 Å². The van der Waals surface area contributed by atoms with Crippen molar-refractivity contribution in [2.75, 3.05) is 39.4 Å². The molecule has 1 amide bonds. The average Bonchev–Trinajstić information content (AvgIpc) is 3.19. The molecule has 2 aliphatic heterocycles. The third-order valence-electron chi connectivity index (χ3n) is 5.18. The lowest BCUT2D eigenvalue weighted by Gasteiger charge is -2.33. The Kier molecular flexibility index (Phi) is 4.16. The lowest BCUT2D eigenvalue weighted by Crippen LogP contribution is -2.47. The highest BCUT2D eigenvalue weighted by Gasteiger charge is 2.38.